The first-order valence-electron chi connectivity index (χ1n) is 5.27. The normalized spacial score (nSPS) is 12.2. The zero-order valence-electron chi connectivity index (χ0n) is 9.46. The second-order valence-corrected chi connectivity index (χ2v) is 4.66. The SMILES string of the molecule is CCC(CNc1ccc(C)cc1Br)C(=O)O. The number of carboxylic acid groups (broad SMARTS) is 1. The summed E-state index contributed by atoms with van der Waals surface area (Å²) in [6.07, 6.45) is 0.631. The smallest absolute Gasteiger partial charge is 0.308 e. The molecule has 1 atom stereocenters. The Balaban J connectivity index is 2.63. The van der Waals surface area contributed by atoms with Crippen molar-refractivity contribution in [2.45, 2.75) is 20.3 Å². The van der Waals surface area contributed by atoms with E-state index in [1.54, 1.807) is 0 Å². The van der Waals surface area contributed by atoms with Gasteiger partial charge in [-0.3, -0.25) is 4.79 Å². The Hall–Kier alpha value is -1.03. The van der Waals surface area contributed by atoms with Gasteiger partial charge in [-0.1, -0.05) is 13.0 Å². The van der Waals surface area contributed by atoms with Crippen LogP contribution in [-0.4, -0.2) is 17.6 Å². The number of hydrogen-bond acceptors (Lipinski definition) is 2. The molecule has 0 bridgehead atoms. The van der Waals surface area contributed by atoms with E-state index in [0.29, 0.717) is 13.0 Å². The van der Waals surface area contributed by atoms with E-state index in [0.717, 1.165) is 10.2 Å². The zero-order chi connectivity index (χ0) is 12.1. The summed E-state index contributed by atoms with van der Waals surface area (Å²) in [6, 6.07) is 5.95. The summed E-state index contributed by atoms with van der Waals surface area (Å²) >= 11 is 3.45. The van der Waals surface area contributed by atoms with Crippen LogP contribution in [0, 0.1) is 12.8 Å². The van der Waals surface area contributed by atoms with Gasteiger partial charge in [-0.05, 0) is 47.0 Å². The van der Waals surface area contributed by atoms with Crippen molar-refractivity contribution in [3.63, 3.8) is 0 Å². The van der Waals surface area contributed by atoms with E-state index in [4.69, 9.17) is 5.11 Å². The number of hydrogen-bond donors (Lipinski definition) is 2. The van der Waals surface area contributed by atoms with Crippen LogP contribution >= 0.6 is 15.9 Å². The van der Waals surface area contributed by atoms with Gasteiger partial charge < -0.3 is 10.4 Å². The molecule has 0 fully saturated rings. The molecule has 3 nitrogen and oxygen atoms in total. The van der Waals surface area contributed by atoms with Crippen molar-refractivity contribution in [1.29, 1.82) is 0 Å². The summed E-state index contributed by atoms with van der Waals surface area (Å²) in [5.74, 6) is -1.09. The van der Waals surface area contributed by atoms with Crippen LogP contribution in [0.15, 0.2) is 22.7 Å². The van der Waals surface area contributed by atoms with Crippen LogP contribution in [0.2, 0.25) is 0 Å². The molecule has 0 aliphatic heterocycles. The van der Waals surface area contributed by atoms with Crippen molar-refractivity contribution in [1.82, 2.24) is 0 Å². The molecule has 0 aliphatic rings. The van der Waals surface area contributed by atoms with Crippen molar-refractivity contribution < 1.29 is 9.90 Å². The van der Waals surface area contributed by atoms with Gasteiger partial charge >= 0.3 is 5.97 Å². The number of nitrogens with one attached hydrogen (secondary N) is 1. The number of carboxylic acids is 1. The maximum Gasteiger partial charge on any atom is 0.308 e. The molecule has 4 heteroatoms. The van der Waals surface area contributed by atoms with E-state index in [1.807, 2.05) is 32.0 Å². The number of aryl methyl sites for hydroxylation is 1. The fraction of sp³-hybridized carbons (Fsp3) is 0.417. The van der Waals surface area contributed by atoms with E-state index < -0.39 is 5.97 Å². The van der Waals surface area contributed by atoms with Gasteiger partial charge in [0.2, 0.25) is 0 Å². The summed E-state index contributed by atoms with van der Waals surface area (Å²) in [7, 11) is 0. The summed E-state index contributed by atoms with van der Waals surface area (Å²) in [6.45, 7) is 4.35. The molecule has 0 amide bonds. The lowest BCUT2D eigenvalue weighted by molar-refractivity contribution is -0.141. The maximum absolute atomic E-state index is 10.8. The van der Waals surface area contributed by atoms with Crippen molar-refractivity contribution in [3.05, 3.63) is 28.2 Å². The Morgan fingerprint density at radius 1 is 1.56 bits per heavy atom. The molecule has 0 spiro atoms. The average molecular weight is 286 g/mol. The first-order valence-corrected chi connectivity index (χ1v) is 6.06. The molecule has 0 radical (unpaired) electrons. The molecule has 2 N–H and O–H groups in total. The quantitative estimate of drug-likeness (QED) is 0.873. The van der Waals surface area contributed by atoms with Crippen molar-refractivity contribution in [3.8, 4) is 0 Å². The van der Waals surface area contributed by atoms with Crippen LogP contribution in [0.25, 0.3) is 0 Å². The van der Waals surface area contributed by atoms with Gasteiger partial charge in [0.15, 0.2) is 0 Å². The Morgan fingerprint density at radius 3 is 2.75 bits per heavy atom. The van der Waals surface area contributed by atoms with Crippen LogP contribution in [0.5, 0.6) is 0 Å². The molecular weight excluding hydrogens is 270 g/mol. The molecule has 0 aliphatic carbocycles. The second-order valence-electron chi connectivity index (χ2n) is 3.81. The highest BCUT2D eigenvalue weighted by atomic mass is 79.9. The second kappa shape index (κ2) is 5.89. The van der Waals surface area contributed by atoms with Crippen LogP contribution < -0.4 is 5.32 Å². The third kappa shape index (κ3) is 3.52. The van der Waals surface area contributed by atoms with E-state index >= 15 is 0 Å². The van der Waals surface area contributed by atoms with Gasteiger partial charge in [0, 0.05) is 16.7 Å². The third-order valence-corrected chi connectivity index (χ3v) is 3.16. The summed E-state index contributed by atoms with van der Waals surface area (Å²) in [5, 5.41) is 12.1. The highest BCUT2D eigenvalue weighted by Gasteiger charge is 2.14. The van der Waals surface area contributed by atoms with Crippen molar-refractivity contribution >= 4 is 27.6 Å². The monoisotopic (exact) mass is 285 g/mol. The molecule has 1 aromatic rings. The maximum atomic E-state index is 10.8. The standard InChI is InChI=1S/C12H16BrNO2/c1-3-9(12(15)16)7-14-11-5-4-8(2)6-10(11)13/h4-6,9,14H,3,7H2,1-2H3,(H,15,16). The predicted octanol–water partition coefficient (Wildman–Crippen LogP) is 3.28. The molecule has 0 saturated heterocycles. The van der Waals surface area contributed by atoms with E-state index in [1.165, 1.54) is 5.56 Å². The lowest BCUT2D eigenvalue weighted by atomic mass is 10.1. The number of benzene rings is 1. The molecule has 88 valence electrons. The van der Waals surface area contributed by atoms with Gasteiger partial charge in [0.25, 0.3) is 0 Å². The average Bonchev–Trinajstić information content (AvgIpc) is 2.21. The van der Waals surface area contributed by atoms with Crippen LogP contribution in [0.4, 0.5) is 5.69 Å². The topological polar surface area (TPSA) is 49.3 Å². The Labute approximate surface area is 104 Å². The molecule has 0 saturated carbocycles. The zero-order valence-corrected chi connectivity index (χ0v) is 11.0. The summed E-state index contributed by atoms with van der Waals surface area (Å²) in [5.41, 5.74) is 2.10. The Morgan fingerprint density at radius 2 is 2.25 bits per heavy atom. The summed E-state index contributed by atoms with van der Waals surface area (Å²) in [4.78, 5) is 10.8. The molecular formula is C12H16BrNO2. The molecule has 1 rings (SSSR count). The fourth-order valence-electron chi connectivity index (χ4n) is 1.40. The minimum absolute atomic E-state index is 0.340. The minimum Gasteiger partial charge on any atom is -0.481 e. The van der Waals surface area contributed by atoms with Crippen molar-refractivity contribution in [2.24, 2.45) is 5.92 Å². The van der Waals surface area contributed by atoms with E-state index in [9.17, 15) is 4.79 Å². The van der Waals surface area contributed by atoms with Crippen LogP contribution in [-0.2, 0) is 4.79 Å². The largest absolute Gasteiger partial charge is 0.481 e. The first kappa shape index (κ1) is 13.0. The number of aliphatic carboxylic acids is 1. The molecule has 0 aromatic heterocycles. The van der Waals surface area contributed by atoms with Crippen molar-refractivity contribution in [2.75, 3.05) is 11.9 Å². The first-order chi connectivity index (χ1) is 7.54. The molecule has 0 heterocycles. The number of carbonyl (C=O) groups is 1. The fourth-order valence-corrected chi connectivity index (χ4v) is 2.04. The number of rotatable bonds is 5. The highest BCUT2D eigenvalue weighted by Crippen LogP contribution is 2.23. The van der Waals surface area contributed by atoms with Gasteiger partial charge in [-0.2, -0.15) is 0 Å². The number of halogens is 1. The third-order valence-electron chi connectivity index (χ3n) is 2.51. The number of anilines is 1. The van der Waals surface area contributed by atoms with Gasteiger partial charge in [-0.15, -0.1) is 0 Å². The highest BCUT2D eigenvalue weighted by molar-refractivity contribution is 9.10. The molecule has 1 unspecified atom stereocenters. The predicted molar refractivity (Wildman–Crippen MR) is 68.8 cm³/mol. The summed E-state index contributed by atoms with van der Waals surface area (Å²) < 4.78 is 0.966. The Bertz CT molecular complexity index is 379. The van der Waals surface area contributed by atoms with Crippen LogP contribution in [0.3, 0.4) is 0 Å². The Kier molecular flexibility index (Phi) is 4.80. The van der Waals surface area contributed by atoms with E-state index in [-0.39, 0.29) is 5.92 Å². The minimum atomic E-state index is -0.752. The molecule has 1 aromatic carbocycles. The van der Waals surface area contributed by atoms with Crippen LogP contribution in [0.1, 0.15) is 18.9 Å². The lowest BCUT2D eigenvalue weighted by Gasteiger charge is -2.13. The molecule has 16 heavy (non-hydrogen) atoms. The van der Waals surface area contributed by atoms with Gasteiger partial charge in [-0.25, -0.2) is 0 Å². The van der Waals surface area contributed by atoms with E-state index in [2.05, 4.69) is 21.2 Å². The van der Waals surface area contributed by atoms with Gasteiger partial charge in [0.1, 0.15) is 0 Å². The lowest BCUT2D eigenvalue weighted by Crippen LogP contribution is -2.22. The van der Waals surface area contributed by atoms with Gasteiger partial charge in [0.05, 0.1) is 5.92 Å².